The predicted molar refractivity (Wildman–Crippen MR) is 136 cm³/mol. The maximum absolute atomic E-state index is 13.2. The second kappa shape index (κ2) is 10.8. The molecule has 0 radical (unpaired) electrons. The Hall–Kier alpha value is -3.56. The van der Waals surface area contributed by atoms with Crippen molar-refractivity contribution in [2.24, 2.45) is 0 Å². The lowest BCUT2D eigenvalue weighted by atomic mass is 10.2. The van der Waals surface area contributed by atoms with Gasteiger partial charge in [0.2, 0.25) is 10.0 Å². The molecule has 0 aliphatic carbocycles. The van der Waals surface area contributed by atoms with Gasteiger partial charge in [0.15, 0.2) is 6.10 Å². The lowest BCUT2D eigenvalue weighted by Crippen LogP contribution is -2.48. The topological polar surface area (TPSA) is 88.2 Å². The van der Waals surface area contributed by atoms with Crippen LogP contribution in [0.3, 0.4) is 0 Å². The summed E-state index contributed by atoms with van der Waals surface area (Å²) in [7, 11) is -2.02. The highest BCUT2D eigenvalue weighted by molar-refractivity contribution is 7.89. The fourth-order valence-corrected chi connectivity index (χ4v) is 5.34. The number of carbonyl (C=O) groups is 1. The average molecular weight is 496 g/mol. The quantitative estimate of drug-likeness (QED) is 0.514. The van der Waals surface area contributed by atoms with Crippen molar-refractivity contribution in [1.29, 1.82) is 0 Å². The zero-order chi connectivity index (χ0) is 24.8. The lowest BCUT2D eigenvalue weighted by molar-refractivity contribution is -0.122. The van der Waals surface area contributed by atoms with Crippen molar-refractivity contribution in [3.8, 4) is 11.5 Å². The van der Waals surface area contributed by atoms with E-state index in [1.54, 1.807) is 38.3 Å². The fourth-order valence-electron chi connectivity index (χ4n) is 3.92. The van der Waals surface area contributed by atoms with Crippen LogP contribution in [0.4, 0.5) is 11.4 Å². The molecule has 1 aliphatic heterocycles. The molecule has 4 rings (SSSR count). The van der Waals surface area contributed by atoms with Gasteiger partial charge in [-0.2, -0.15) is 4.31 Å². The molecule has 0 saturated carbocycles. The maximum atomic E-state index is 13.2. The summed E-state index contributed by atoms with van der Waals surface area (Å²) in [5.74, 6) is 1.05. The van der Waals surface area contributed by atoms with Crippen LogP contribution in [0.5, 0.6) is 11.5 Å². The minimum atomic E-state index is -3.65. The Morgan fingerprint density at radius 1 is 0.886 bits per heavy atom. The SMILES string of the molecule is COc1ccccc1N1CCN(S(=O)(=O)c2ccc(NC(=O)C(C)Oc3ccccc3)cc2)CC1. The maximum Gasteiger partial charge on any atom is 0.265 e. The Balaban J connectivity index is 1.36. The molecule has 1 aliphatic rings. The number of nitrogens with zero attached hydrogens (tertiary/aromatic N) is 2. The van der Waals surface area contributed by atoms with Crippen LogP contribution < -0.4 is 19.7 Å². The third-order valence-corrected chi connectivity index (χ3v) is 7.76. The van der Waals surface area contributed by atoms with Crippen molar-refractivity contribution in [3.63, 3.8) is 0 Å². The average Bonchev–Trinajstić information content (AvgIpc) is 2.89. The first-order valence-electron chi connectivity index (χ1n) is 11.4. The number of para-hydroxylation sites is 3. The van der Waals surface area contributed by atoms with Gasteiger partial charge in [-0.05, 0) is 55.5 Å². The molecule has 35 heavy (non-hydrogen) atoms. The van der Waals surface area contributed by atoms with E-state index in [0.29, 0.717) is 37.6 Å². The second-order valence-corrected chi connectivity index (χ2v) is 10.1. The number of sulfonamides is 1. The van der Waals surface area contributed by atoms with Crippen molar-refractivity contribution in [2.75, 3.05) is 43.5 Å². The molecule has 8 nitrogen and oxygen atoms in total. The summed E-state index contributed by atoms with van der Waals surface area (Å²) in [6.45, 7) is 3.52. The molecule has 1 N–H and O–H groups in total. The van der Waals surface area contributed by atoms with Gasteiger partial charge in [-0.3, -0.25) is 4.79 Å². The number of hydrogen-bond donors (Lipinski definition) is 1. The van der Waals surface area contributed by atoms with Gasteiger partial charge in [-0.25, -0.2) is 8.42 Å². The first-order chi connectivity index (χ1) is 16.9. The van der Waals surface area contributed by atoms with Crippen molar-refractivity contribution < 1.29 is 22.7 Å². The van der Waals surface area contributed by atoms with Gasteiger partial charge in [0.05, 0.1) is 17.7 Å². The van der Waals surface area contributed by atoms with Gasteiger partial charge < -0.3 is 19.7 Å². The molecule has 1 heterocycles. The minimum absolute atomic E-state index is 0.190. The summed E-state index contributed by atoms with van der Waals surface area (Å²) in [5, 5.41) is 2.76. The number of rotatable bonds is 8. The number of methoxy groups -OCH3 is 1. The molecule has 184 valence electrons. The van der Waals surface area contributed by atoms with Crippen LogP contribution in [-0.4, -0.2) is 58.0 Å². The molecule has 1 atom stereocenters. The summed E-state index contributed by atoms with van der Waals surface area (Å²) in [4.78, 5) is 14.8. The van der Waals surface area contributed by atoms with Crippen LogP contribution in [0.2, 0.25) is 0 Å². The molecule has 0 bridgehead atoms. The normalized spacial score (nSPS) is 15.3. The van der Waals surface area contributed by atoms with E-state index in [2.05, 4.69) is 10.2 Å². The van der Waals surface area contributed by atoms with Crippen molar-refractivity contribution >= 4 is 27.3 Å². The molecule has 0 spiro atoms. The number of benzene rings is 3. The minimum Gasteiger partial charge on any atom is -0.495 e. The van der Waals surface area contributed by atoms with Crippen molar-refractivity contribution in [3.05, 3.63) is 78.9 Å². The van der Waals surface area contributed by atoms with Gasteiger partial charge in [0, 0.05) is 31.9 Å². The highest BCUT2D eigenvalue weighted by atomic mass is 32.2. The monoisotopic (exact) mass is 495 g/mol. The fraction of sp³-hybridized carbons (Fsp3) is 0.269. The summed E-state index contributed by atoms with van der Waals surface area (Å²) < 4.78 is 38.9. The van der Waals surface area contributed by atoms with Crippen LogP contribution in [0.25, 0.3) is 0 Å². The van der Waals surface area contributed by atoms with E-state index in [0.717, 1.165) is 11.4 Å². The Bertz CT molecular complexity index is 1240. The van der Waals surface area contributed by atoms with Gasteiger partial charge in [0.1, 0.15) is 11.5 Å². The van der Waals surface area contributed by atoms with Crippen LogP contribution in [0.1, 0.15) is 6.92 Å². The predicted octanol–water partition coefficient (Wildman–Crippen LogP) is 3.61. The van der Waals surface area contributed by atoms with Gasteiger partial charge >= 0.3 is 0 Å². The van der Waals surface area contributed by atoms with Crippen LogP contribution in [0.15, 0.2) is 83.8 Å². The van der Waals surface area contributed by atoms with E-state index in [9.17, 15) is 13.2 Å². The molecular formula is C26H29N3O5S. The largest absolute Gasteiger partial charge is 0.495 e. The molecule has 3 aromatic carbocycles. The van der Waals surface area contributed by atoms with Crippen LogP contribution >= 0.6 is 0 Å². The summed E-state index contributed by atoms with van der Waals surface area (Å²) in [6, 6.07) is 23.0. The highest BCUT2D eigenvalue weighted by Gasteiger charge is 2.29. The van der Waals surface area contributed by atoms with Gasteiger partial charge in [-0.15, -0.1) is 0 Å². The van der Waals surface area contributed by atoms with Gasteiger partial charge in [0.25, 0.3) is 5.91 Å². The molecule has 1 amide bonds. The Morgan fingerprint density at radius 3 is 2.17 bits per heavy atom. The van der Waals surface area contributed by atoms with Crippen molar-refractivity contribution in [2.45, 2.75) is 17.9 Å². The number of amides is 1. The molecule has 1 unspecified atom stereocenters. The van der Waals surface area contributed by atoms with E-state index in [-0.39, 0.29) is 10.8 Å². The molecule has 0 aromatic heterocycles. The molecule has 1 saturated heterocycles. The first kappa shape index (κ1) is 24.6. The number of piperazine rings is 1. The molecule has 3 aromatic rings. The summed E-state index contributed by atoms with van der Waals surface area (Å²) >= 11 is 0. The number of anilines is 2. The Kier molecular flexibility index (Phi) is 7.57. The van der Waals surface area contributed by atoms with E-state index < -0.39 is 16.1 Å². The first-order valence-corrected chi connectivity index (χ1v) is 12.8. The third-order valence-electron chi connectivity index (χ3n) is 5.85. The summed E-state index contributed by atoms with van der Waals surface area (Å²) in [6.07, 6.45) is -0.708. The van der Waals surface area contributed by atoms with Gasteiger partial charge in [-0.1, -0.05) is 30.3 Å². The lowest BCUT2D eigenvalue weighted by Gasteiger charge is -2.35. The number of carbonyl (C=O) groups excluding carboxylic acids is 1. The third kappa shape index (κ3) is 5.75. The zero-order valence-corrected chi connectivity index (χ0v) is 20.6. The molecule has 1 fully saturated rings. The van der Waals surface area contributed by atoms with Crippen LogP contribution in [-0.2, 0) is 14.8 Å². The van der Waals surface area contributed by atoms with Crippen molar-refractivity contribution in [1.82, 2.24) is 4.31 Å². The number of hydrogen-bond acceptors (Lipinski definition) is 6. The smallest absolute Gasteiger partial charge is 0.265 e. The van der Waals surface area contributed by atoms with E-state index in [4.69, 9.17) is 9.47 Å². The van der Waals surface area contributed by atoms with E-state index in [1.165, 1.54) is 16.4 Å². The van der Waals surface area contributed by atoms with E-state index >= 15 is 0 Å². The van der Waals surface area contributed by atoms with Crippen LogP contribution in [0, 0.1) is 0 Å². The number of ether oxygens (including phenoxy) is 2. The number of nitrogens with one attached hydrogen (secondary N) is 1. The molecule has 9 heteroatoms. The second-order valence-electron chi connectivity index (χ2n) is 8.15. The standard InChI is InChI=1S/C26H29N3O5S/c1-20(34-22-8-4-3-5-9-22)26(30)27-21-12-14-23(15-13-21)35(31,32)29-18-16-28(17-19-29)24-10-6-7-11-25(24)33-2/h3-15,20H,16-19H2,1-2H3,(H,27,30). The van der Waals surface area contributed by atoms with E-state index in [1.807, 2.05) is 42.5 Å². The molecular weight excluding hydrogens is 466 g/mol. The summed E-state index contributed by atoms with van der Waals surface area (Å²) in [5.41, 5.74) is 1.45. The highest BCUT2D eigenvalue weighted by Crippen LogP contribution is 2.29. The Labute approximate surface area is 206 Å². The zero-order valence-electron chi connectivity index (χ0n) is 19.8. The Morgan fingerprint density at radius 2 is 1.51 bits per heavy atom.